The van der Waals surface area contributed by atoms with Crippen LogP contribution in [-0.2, 0) is 6.54 Å². The summed E-state index contributed by atoms with van der Waals surface area (Å²) < 4.78 is 2.13. The first-order valence-electron chi connectivity index (χ1n) is 9.18. The molecule has 146 valence electrons. The first-order valence-corrected chi connectivity index (χ1v) is 9.18. The molecule has 29 heavy (non-hydrogen) atoms. The van der Waals surface area contributed by atoms with Crippen LogP contribution in [0.1, 0.15) is 5.56 Å². The average Bonchev–Trinajstić information content (AvgIpc) is 3.11. The van der Waals surface area contributed by atoms with E-state index < -0.39 is 0 Å². The zero-order chi connectivity index (χ0) is 20.4. The summed E-state index contributed by atoms with van der Waals surface area (Å²) in [5.74, 6) is 0.754. The molecule has 0 amide bonds. The van der Waals surface area contributed by atoms with Crippen molar-refractivity contribution < 1.29 is 0 Å². The number of hydrogen-bond acceptors (Lipinski definition) is 7. The molecule has 8 heteroatoms. The van der Waals surface area contributed by atoms with E-state index in [0.29, 0.717) is 23.6 Å². The number of benzene rings is 2. The predicted octanol–water partition coefficient (Wildman–Crippen LogP) is 2.96. The second kappa shape index (κ2) is 7.61. The van der Waals surface area contributed by atoms with E-state index in [1.54, 1.807) is 18.3 Å². The van der Waals surface area contributed by atoms with Gasteiger partial charge in [-0.2, -0.15) is 4.98 Å². The first-order chi connectivity index (χ1) is 14.1. The average molecular weight is 386 g/mol. The fourth-order valence-electron chi connectivity index (χ4n) is 3.40. The Morgan fingerprint density at radius 3 is 2.72 bits per heavy atom. The Hall–Kier alpha value is -3.91. The Kier molecular flexibility index (Phi) is 4.84. The third-order valence-corrected chi connectivity index (χ3v) is 4.77. The smallest absolute Gasteiger partial charge is 0.221 e. The molecule has 0 saturated carbocycles. The highest BCUT2D eigenvalue weighted by Crippen LogP contribution is 2.34. The first kappa shape index (κ1) is 18.5. The lowest BCUT2D eigenvalue weighted by Gasteiger charge is -2.14. The van der Waals surface area contributed by atoms with Gasteiger partial charge in [0.15, 0.2) is 0 Å². The quantitative estimate of drug-likeness (QED) is 0.254. The summed E-state index contributed by atoms with van der Waals surface area (Å²) in [4.78, 5) is 8.06. The standard InChI is InChI=1S/C21H22N8/c22-5-8-29-7-4-14-9-13(1-2-18(14)29)17-11-16(10-15(12-23)20(17)24)27-19-3-6-26-21(25)28-19/h1-4,6-7,9-12,23H,5,8,22,24H2,(H3,25,26,27,28). The van der Waals surface area contributed by atoms with Gasteiger partial charge in [-0.05, 0) is 42.0 Å². The van der Waals surface area contributed by atoms with E-state index in [0.717, 1.165) is 34.3 Å². The molecule has 0 unspecified atom stereocenters. The lowest BCUT2D eigenvalue weighted by atomic mass is 9.98. The molecule has 0 saturated heterocycles. The van der Waals surface area contributed by atoms with Crippen LogP contribution in [0, 0.1) is 5.41 Å². The summed E-state index contributed by atoms with van der Waals surface area (Å²) in [5.41, 5.74) is 22.6. The zero-order valence-electron chi connectivity index (χ0n) is 15.8. The molecule has 8 N–H and O–H groups in total. The SMILES string of the molecule is N=Cc1cc(Nc2ccnc(N)n2)cc(-c2ccc3c(ccn3CCN)c2)c1N. The number of nitrogens with zero attached hydrogens (tertiary/aromatic N) is 3. The molecule has 2 heterocycles. The molecule has 4 aromatic rings. The summed E-state index contributed by atoms with van der Waals surface area (Å²) in [6, 6.07) is 13.7. The molecule has 0 aliphatic heterocycles. The molecule has 0 aliphatic rings. The Balaban J connectivity index is 1.78. The van der Waals surface area contributed by atoms with Gasteiger partial charge in [0.05, 0.1) is 0 Å². The highest BCUT2D eigenvalue weighted by atomic mass is 15.1. The summed E-state index contributed by atoms with van der Waals surface area (Å²) in [6.07, 6.45) is 4.86. The van der Waals surface area contributed by atoms with Crippen LogP contribution in [-0.4, -0.2) is 27.3 Å². The largest absolute Gasteiger partial charge is 0.398 e. The van der Waals surface area contributed by atoms with Gasteiger partial charge >= 0.3 is 0 Å². The predicted molar refractivity (Wildman–Crippen MR) is 118 cm³/mol. The van der Waals surface area contributed by atoms with E-state index in [9.17, 15) is 0 Å². The number of rotatable bonds is 6. The fraction of sp³-hybridized carbons (Fsp3) is 0.0952. The third kappa shape index (κ3) is 3.61. The molecule has 0 bridgehead atoms. The normalized spacial score (nSPS) is 10.9. The van der Waals surface area contributed by atoms with E-state index in [2.05, 4.69) is 38.1 Å². The van der Waals surface area contributed by atoms with Gasteiger partial charge in [-0.25, -0.2) is 4.98 Å². The van der Waals surface area contributed by atoms with Crippen molar-refractivity contribution in [3.05, 3.63) is 60.4 Å². The van der Waals surface area contributed by atoms with Gasteiger partial charge in [0.2, 0.25) is 5.95 Å². The Bertz CT molecular complexity index is 1190. The van der Waals surface area contributed by atoms with E-state index in [1.165, 1.54) is 6.21 Å². The van der Waals surface area contributed by atoms with Gasteiger partial charge in [-0.3, -0.25) is 0 Å². The molecular formula is C21H22N8. The summed E-state index contributed by atoms with van der Waals surface area (Å²) in [6.45, 7) is 1.35. The van der Waals surface area contributed by atoms with Crippen molar-refractivity contribution in [2.24, 2.45) is 5.73 Å². The number of aromatic nitrogens is 3. The van der Waals surface area contributed by atoms with Gasteiger partial charge in [0.25, 0.3) is 0 Å². The number of nitrogens with one attached hydrogen (secondary N) is 2. The van der Waals surface area contributed by atoms with Crippen LogP contribution in [0.2, 0.25) is 0 Å². The molecule has 2 aromatic carbocycles. The minimum Gasteiger partial charge on any atom is -0.398 e. The van der Waals surface area contributed by atoms with Crippen LogP contribution >= 0.6 is 0 Å². The lowest BCUT2D eigenvalue weighted by molar-refractivity contribution is 0.735. The van der Waals surface area contributed by atoms with Crippen molar-refractivity contribution in [3.63, 3.8) is 0 Å². The van der Waals surface area contributed by atoms with Gasteiger partial charge in [-0.1, -0.05) is 6.07 Å². The Morgan fingerprint density at radius 2 is 1.97 bits per heavy atom. The molecule has 0 spiro atoms. The zero-order valence-corrected chi connectivity index (χ0v) is 15.8. The number of nitrogen functional groups attached to an aromatic ring is 2. The van der Waals surface area contributed by atoms with Gasteiger partial charge in [0, 0.05) is 65.1 Å². The number of hydrogen-bond donors (Lipinski definition) is 5. The van der Waals surface area contributed by atoms with E-state index in [-0.39, 0.29) is 5.95 Å². The van der Waals surface area contributed by atoms with Crippen molar-refractivity contribution in [1.29, 1.82) is 5.41 Å². The Morgan fingerprint density at radius 1 is 1.10 bits per heavy atom. The van der Waals surface area contributed by atoms with Crippen molar-refractivity contribution in [2.75, 3.05) is 23.3 Å². The minimum absolute atomic E-state index is 0.186. The van der Waals surface area contributed by atoms with E-state index in [4.69, 9.17) is 22.6 Å². The molecule has 4 rings (SSSR count). The van der Waals surface area contributed by atoms with Crippen LogP contribution in [0.15, 0.2) is 54.9 Å². The number of nitrogens with two attached hydrogens (primary N) is 3. The van der Waals surface area contributed by atoms with Gasteiger partial charge < -0.3 is 32.5 Å². The van der Waals surface area contributed by atoms with Crippen LogP contribution in [0.5, 0.6) is 0 Å². The molecule has 0 fully saturated rings. The summed E-state index contributed by atoms with van der Waals surface area (Å²) in [5, 5.41) is 12.1. The van der Waals surface area contributed by atoms with Crippen LogP contribution < -0.4 is 22.5 Å². The molecule has 8 nitrogen and oxygen atoms in total. The molecule has 0 radical (unpaired) electrons. The highest BCUT2D eigenvalue weighted by Gasteiger charge is 2.11. The fourth-order valence-corrected chi connectivity index (χ4v) is 3.40. The van der Waals surface area contributed by atoms with Crippen molar-refractivity contribution in [1.82, 2.24) is 14.5 Å². The second-order valence-corrected chi connectivity index (χ2v) is 6.67. The monoisotopic (exact) mass is 386 g/mol. The maximum Gasteiger partial charge on any atom is 0.221 e. The topological polar surface area (TPSA) is 145 Å². The Labute approximate surface area is 167 Å². The molecule has 2 aromatic heterocycles. The number of anilines is 4. The van der Waals surface area contributed by atoms with Gasteiger partial charge in [-0.15, -0.1) is 0 Å². The van der Waals surface area contributed by atoms with Crippen molar-refractivity contribution in [3.8, 4) is 11.1 Å². The second-order valence-electron chi connectivity index (χ2n) is 6.67. The van der Waals surface area contributed by atoms with Gasteiger partial charge in [0.1, 0.15) is 5.82 Å². The minimum atomic E-state index is 0.186. The van der Waals surface area contributed by atoms with Crippen molar-refractivity contribution in [2.45, 2.75) is 6.54 Å². The molecule has 0 aliphatic carbocycles. The molecule has 0 atom stereocenters. The van der Waals surface area contributed by atoms with E-state index in [1.807, 2.05) is 18.3 Å². The maximum absolute atomic E-state index is 7.74. The van der Waals surface area contributed by atoms with Crippen LogP contribution in [0.25, 0.3) is 22.0 Å². The van der Waals surface area contributed by atoms with Crippen molar-refractivity contribution >= 4 is 40.3 Å². The van der Waals surface area contributed by atoms with Crippen LogP contribution in [0.4, 0.5) is 23.1 Å². The highest BCUT2D eigenvalue weighted by molar-refractivity contribution is 5.97. The van der Waals surface area contributed by atoms with E-state index >= 15 is 0 Å². The lowest BCUT2D eigenvalue weighted by Crippen LogP contribution is -2.08. The summed E-state index contributed by atoms with van der Waals surface area (Å²) >= 11 is 0. The third-order valence-electron chi connectivity index (χ3n) is 4.77. The number of fused-ring (bicyclic) bond motifs is 1. The summed E-state index contributed by atoms with van der Waals surface area (Å²) in [7, 11) is 0. The van der Waals surface area contributed by atoms with Crippen LogP contribution in [0.3, 0.4) is 0 Å². The molecular weight excluding hydrogens is 364 g/mol. The maximum atomic E-state index is 7.74.